The Bertz CT molecular complexity index is 1350. The first-order valence-corrected chi connectivity index (χ1v) is 16.0. The first-order valence-electron chi connectivity index (χ1n) is 12.8. The molecule has 1 aliphatic rings. The van der Waals surface area contributed by atoms with E-state index in [9.17, 15) is 14.9 Å². The molecule has 0 bridgehead atoms. The van der Waals surface area contributed by atoms with Crippen LogP contribution < -0.4 is 15.4 Å². The Morgan fingerprint density at radius 1 is 1.23 bits per heavy atom. The SMILES string of the molecule is CCn1c(SCC(=O)Nc2sc3c(c2C#N)CCCC3)nnc1[C@H](CCSC)NC(=O)c1ccc(OC)cc1. The largest absolute Gasteiger partial charge is 0.497 e. The Kier molecular flexibility index (Phi) is 10.3. The summed E-state index contributed by atoms with van der Waals surface area (Å²) >= 11 is 4.51. The van der Waals surface area contributed by atoms with Crippen LogP contribution in [-0.2, 0) is 24.2 Å². The third-order valence-electron chi connectivity index (χ3n) is 6.51. The molecule has 0 unspecified atom stereocenters. The summed E-state index contributed by atoms with van der Waals surface area (Å²) in [6.45, 7) is 2.58. The Labute approximate surface area is 241 Å². The van der Waals surface area contributed by atoms with Crippen LogP contribution in [0.5, 0.6) is 5.75 Å². The van der Waals surface area contributed by atoms with Gasteiger partial charge < -0.3 is 19.9 Å². The molecule has 12 heteroatoms. The van der Waals surface area contributed by atoms with Crippen LogP contribution in [0.2, 0.25) is 0 Å². The molecule has 206 valence electrons. The van der Waals surface area contributed by atoms with Crippen LogP contribution in [0.1, 0.15) is 64.4 Å². The van der Waals surface area contributed by atoms with Crippen molar-refractivity contribution in [3.05, 3.63) is 51.7 Å². The first-order chi connectivity index (χ1) is 19.0. The molecular weight excluding hydrogens is 553 g/mol. The molecule has 2 aromatic heterocycles. The zero-order chi connectivity index (χ0) is 27.8. The number of hydrogen-bond acceptors (Lipinski definition) is 9. The van der Waals surface area contributed by atoms with Crippen LogP contribution in [0.3, 0.4) is 0 Å². The topological polar surface area (TPSA) is 122 Å². The Hall–Kier alpha value is -3.01. The van der Waals surface area contributed by atoms with Gasteiger partial charge in [-0.2, -0.15) is 17.0 Å². The minimum Gasteiger partial charge on any atom is -0.497 e. The number of nitrogens with one attached hydrogen (secondary N) is 2. The smallest absolute Gasteiger partial charge is 0.251 e. The van der Waals surface area contributed by atoms with Gasteiger partial charge in [-0.05, 0) is 80.9 Å². The van der Waals surface area contributed by atoms with Crippen molar-refractivity contribution in [2.24, 2.45) is 0 Å². The number of methoxy groups -OCH3 is 1. The molecule has 0 aliphatic heterocycles. The molecule has 0 saturated heterocycles. The van der Waals surface area contributed by atoms with Crippen LogP contribution in [0, 0.1) is 11.3 Å². The number of rotatable bonds is 12. The van der Waals surface area contributed by atoms with Gasteiger partial charge in [-0.1, -0.05) is 11.8 Å². The minimum atomic E-state index is -0.335. The molecule has 0 spiro atoms. The number of anilines is 1. The standard InChI is InChI=1S/C27H32N6O3S3/c1-4-33-24(21(13-14-37-3)29-25(35)17-9-11-18(36-2)12-10-17)31-32-27(33)38-16-23(34)30-26-20(15-28)19-7-5-6-8-22(19)39-26/h9-12,21H,4-8,13-14,16H2,1-3H3,(H,29,35)(H,30,34)/t21-/m0/s1. The number of amides is 2. The highest BCUT2D eigenvalue weighted by atomic mass is 32.2. The molecule has 2 amide bonds. The predicted octanol–water partition coefficient (Wildman–Crippen LogP) is 5.07. The minimum absolute atomic E-state index is 0.138. The molecule has 9 nitrogen and oxygen atoms in total. The van der Waals surface area contributed by atoms with Crippen molar-refractivity contribution < 1.29 is 14.3 Å². The maximum absolute atomic E-state index is 13.0. The number of thioether (sulfide) groups is 2. The van der Waals surface area contributed by atoms with Gasteiger partial charge in [-0.15, -0.1) is 21.5 Å². The van der Waals surface area contributed by atoms with Gasteiger partial charge in [0, 0.05) is 17.0 Å². The molecule has 2 N–H and O–H groups in total. The molecule has 0 saturated carbocycles. The number of nitrogens with zero attached hydrogens (tertiary/aromatic N) is 4. The van der Waals surface area contributed by atoms with E-state index in [1.54, 1.807) is 43.1 Å². The third kappa shape index (κ3) is 6.96. The summed E-state index contributed by atoms with van der Waals surface area (Å²) in [6, 6.07) is 8.92. The number of benzene rings is 1. The van der Waals surface area contributed by atoms with Crippen LogP contribution in [0.25, 0.3) is 0 Å². The number of thiophene rings is 1. The summed E-state index contributed by atoms with van der Waals surface area (Å²) < 4.78 is 7.13. The fourth-order valence-electron chi connectivity index (χ4n) is 4.51. The average molecular weight is 585 g/mol. The van der Waals surface area contributed by atoms with Gasteiger partial charge in [-0.3, -0.25) is 9.59 Å². The van der Waals surface area contributed by atoms with Crippen LogP contribution >= 0.6 is 34.9 Å². The number of fused-ring (bicyclic) bond motifs is 1. The molecule has 4 rings (SSSR count). The van der Waals surface area contributed by atoms with Crippen molar-refractivity contribution in [3.8, 4) is 11.8 Å². The van der Waals surface area contributed by atoms with Gasteiger partial charge in [0.1, 0.15) is 16.8 Å². The predicted molar refractivity (Wildman–Crippen MR) is 157 cm³/mol. The zero-order valence-electron chi connectivity index (χ0n) is 22.3. The monoisotopic (exact) mass is 584 g/mol. The lowest BCUT2D eigenvalue weighted by Crippen LogP contribution is -2.31. The average Bonchev–Trinajstić information content (AvgIpc) is 3.54. The number of carbonyl (C=O) groups excluding carboxylic acids is 2. The molecule has 0 radical (unpaired) electrons. The summed E-state index contributed by atoms with van der Waals surface area (Å²) in [6.07, 6.45) is 6.77. The second-order valence-electron chi connectivity index (χ2n) is 8.98. The molecule has 1 aliphatic carbocycles. The van der Waals surface area contributed by atoms with Gasteiger partial charge >= 0.3 is 0 Å². The van der Waals surface area contributed by atoms with Gasteiger partial charge in [-0.25, -0.2) is 0 Å². The van der Waals surface area contributed by atoms with E-state index in [-0.39, 0.29) is 23.6 Å². The molecule has 39 heavy (non-hydrogen) atoms. The second-order valence-corrected chi connectivity index (χ2v) is 12.0. The quantitative estimate of drug-likeness (QED) is 0.283. The van der Waals surface area contributed by atoms with Crippen molar-refractivity contribution in [2.45, 2.75) is 56.8 Å². The number of aryl methyl sites for hydroxylation is 1. The van der Waals surface area contributed by atoms with E-state index in [0.717, 1.165) is 37.0 Å². The van der Waals surface area contributed by atoms with Crippen molar-refractivity contribution in [1.29, 1.82) is 5.26 Å². The van der Waals surface area contributed by atoms with Gasteiger partial charge in [0.15, 0.2) is 11.0 Å². The molecule has 0 fully saturated rings. The van der Waals surface area contributed by atoms with Crippen molar-refractivity contribution >= 4 is 51.7 Å². The Balaban J connectivity index is 1.44. The van der Waals surface area contributed by atoms with E-state index in [2.05, 4.69) is 26.9 Å². The first kappa shape index (κ1) is 29.0. The number of ether oxygens (including phenoxy) is 1. The maximum Gasteiger partial charge on any atom is 0.251 e. The molecule has 3 aromatic rings. The van der Waals surface area contributed by atoms with Crippen molar-refractivity contribution in [1.82, 2.24) is 20.1 Å². The van der Waals surface area contributed by atoms with E-state index in [0.29, 0.717) is 45.8 Å². The Morgan fingerprint density at radius 3 is 2.69 bits per heavy atom. The lowest BCUT2D eigenvalue weighted by molar-refractivity contribution is -0.113. The highest BCUT2D eigenvalue weighted by molar-refractivity contribution is 7.99. The van der Waals surface area contributed by atoms with Gasteiger partial charge in [0.25, 0.3) is 5.91 Å². The summed E-state index contributed by atoms with van der Waals surface area (Å²) in [7, 11) is 1.59. The van der Waals surface area contributed by atoms with E-state index in [1.165, 1.54) is 28.0 Å². The molecule has 2 heterocycles. The van der Waals surface area contributed by atoms with E-state index < -0.39 is 0 Å². The summed E-state index contributed by atoms with van der Waals surface area (Å²) in [5.74, 6) is 1.93. The fourth-order valence-corrected chi connectivity index (χ4v) is 7.05. The zero-order valence-corrected chi connectivity index (χ0v) is 24.7. The van der Waals surface area contributed by atoms with Crippen LogP contribution in [0.4, 0.5) is 5.00 Å². The summed E-state index contributed by atoms with van der Waals surface area (Å²) in [5.41, 5.74) is 2.24. The fraction of sp³-hybridized carbons (Fsp3) is 0.444. The highest BCUT2D eigenvalue weighted by Gasteiger charge is 2.25. The van der Waals surface area contributed by atoms with Gasteiger partial charge in [0.05, 0.1) is 24.5 Å². The van der Waals surface area contributed by atoms with Crippen LogP contribution in [0.15, 0.2) is 29.4 Å². The molecular formula is C27H32N6O3S3. The summed E-state index contributed by atoms with van der Waals surface area (Å²) in [4.78, 5) is 27.1. The molecule has 1 aromatic carbocycles. The van der Waals surface area contributed by atoms with E-state index >= 15 is 0 Å². The van der Waals surface area contributed by atoms with E-state index in [4.69, 9.17) is 4.74 Å². The second kappa shape index (κ2) is 13.9. The summed E-state index contributed by atoms with van der Waals surface area (Å²) in [5, 5.41) is 25.8. The van der Waals surface area contributed by atoms with Crippen molar-refractivity contribution in [3.63, 3.8) is 0 Å². The maximum atomic E-state index is 13.0. The molecule has 1 atom stereocenters. The number of nitriles is 1. The normalized spacial score (nSPS) is 13.3. The third-order valence-corrected chi connectivity index (χ3v) is 9.33. The van der Waals surface area contributed by atoms with Gasteiger partial charge in [0.2, 0.25) is 5.91 Å². The highest BCUT2D eigenvalue weighted by Crippen LogP contribution is 2.37. The lowest BCUT2D eigenvalue weighted by atomic mass is 9.96. The van der Waals surface area contributed by atoms with Crippen molar-refractivity contribution in [2.75, 3.05) is 30.2 Å². The van der Waals surface area contributed by atoms with Crippen LogP contribution in [-0.4, -0.2) is 51.5 Å². The number of carbonyl (C=O) groups is 2. The number of aromatic nitrogens is 3. The van der Waals surface area contributed by atoms with E-state index in [1.807, 2.05) is 17.7 Å². The lowest BCUT2D eigenvalue weighted by Gasteiger charge is -2.19. The Morgan fingerprint density at radius 2 is 2.00 bits per heavy atom. The number of hydrogen-bond donors (Lipinski definition) is 2.